The van der Waals surface area contributed by atoms with Crippen molar-refractivity contribution in [2.75, 3.05) is 18.6 Å². The summed E-state index contributed by atoms with van der Waals surface area (Å²) < 4.78 is 0. The van der Waals surface area contributed by atoms with Crippen LogP contribution in [-0.2, 0) is 0 Å². The molecule has 0 aliphatic heterocycles. The second-order valence-corrected chi connectivity index (χ2v) is 5.05. The molecule has 0 radical (unpaired) electrons. The van der Waals surface area contributed by atoms with Gasteiger partial charge in [-0.2, -0.15) is 0 Å². The van der Waals surface area contributed by atoms with Gasteiger partial charge in [0.25, 0.3) is 0 Å². The third-order valence-corrected chi connectivity index (χ3v) is 3.35. The van der Waals surface area contributed by atoms with Crippen LogP contribution in [0.25, 0.3) is 0 Å². The van der Waals surface area contributed by atoms with Crippen molar-refractivity contribution < 1.29 is 10.2 Å². The smallest absolute Gasteiger partial charge is 0.0787 e. The highest BCUT2D eigenvalue weighted by Crippen LogP contribution is 2.24. The number of aliphatic hydroxyl groups excluding tert-OH is 2. The molecule has 3 nitrogen and oxygen atoms in total. The van der Waals surface area contributed by atoms with Crippen molar-refractivity contribution in [2.45, 2.75) is 38.8 Å². The molecule has 0 spiro atoms. The zero-order valence-corrected chi connectivity index (χ0v) is 11.1. The van der Waals surface area contributed by atoms with Gasteiger partial charge in [-0.05, 0) is 38.0 Å². The van der Waals surface area contributed by atoms with E-state index in [9.17, 15) is 10.2 Å². The fraction of sp³-hybridized carbons (Fsp3) is 0.571. The fourth-order valence-electron chi connectivity index (χ4n) is 1.61. The van der Waals surface area contributed by atoms with Gasteiger partial charge in [-0.1, -0.05) is 19.1 Å². The molecule has 0 unspecified atom stereocenters. The molecule has 1 rings (SSSR count). The zero-order chi connectivity index (χ0) is 13.1. The van der Waals surface area contributed by atoms with E-state index in [0.717, 1.165) is 17.7 Å². The third-order valence-electron chi connectivity index (χ3n) is 3.35. The maximum atomic E-state index is 9.71. The van der Waals surface area contributed by atoms with Crippen molar-refractivity contribution in [3.8, 4) is 0 Å². The number of aliphatic hydroxyl groups is 2. The Bertz CT molecular complexity index is 346. The van der Waals surface area contributed by atoms with Crippen LogP contribution in [0.3, 0.4) is 0 Å². The van der Waals surface area contributed by atoms with Gasteiger partial charge in [0.05, 0.1) is 18.2 Å². The van der Waals surface area contributed by atoms with Gasteiger partial charge in [-0.15, -0.1) is 0 Å². The Morgan fingerprint density at radius 2 is 1.76 bits per heavy atom. The lowest BCUT2D eigenvalue weighted by molar-refractivity contribution is 0.173. The molecule has 0 amide bonds. The van der Waals surface area contributed by atoms with Crippen LogP contribution in [0, 0.1) is 0 Å². The molecule has 0 fully saturated rings. The van der Waals surface area contributed by atoms with Crippen LogP contribution in [0.1, 0.15) is 38.9 Å². The molecule has 1 aromatic carbocycles. The van der Waals surface area contributed by atoms with Crippen molar-refractivity contribution in [2.24, 2.45) is 0 Å². The van der Waals surface area contributed by atoms with Crippen molar-refractivity contribution in [1.82, 2.24) is 0 Å². The van der Waals surface area contributed by atoms with Crippen molar-refractivity contribution >= 4 is 5.69 Å². The minimum Gasteiger partial charge on any atom is -0.394 e. The molecule has 1 aromatic rings. The number of benzene rings is 1. The maximum absolute atomic E-state index is 9.71. The van der Waals surface area contributed by atoms with Gasteiger partial charge >= 0.3 is 0 Å². The van der Waals surface area contributed by atoms with Crippen LogP contribution in [0.4, 0.5) is 5.69 Å². The van der Waals surface area contributed by atoms with Crippen molar-refractivity contribution in [3.05, 3.63) is 29.8 Å². The Labute approximate surface area is 104 Å². The number of rotatable bonds is 5. The minimum atomic E-state index is -0.389. The van der Waals surface area contributed by atoms with Gasteiger partial charge in [-0.3, -0.25) is 0 Å². The van der Waals surface area contributed by atoms with Gasteiger partial charge in [0.2, 0.25) is 0 Å². The van der Waals surface area contributed by atoms with E-state index in [1.54, 1.807) is 0 Å². The molecule has 0 heterocycles. The SMILES string of the molecule is CC[C@@H](O)c1ccc(N(C)C(C)(C)CO)cc1. The van der Waals surface area contributed by atoms with E-state index >= 15 is 0 Å². The quantitative estimate of drug-likeness (QED) is 0.826. The Hall–Kier alpha value is -1.06. The first-order valence-electron chi connectivity index (χ1n) is 6.05. The number of hydrogen-bond acceptors (Lipinski definition) is 3. The van der Waals surface area contributed by atoms with Crippen LogP contribution in [-0.4, -0.2) is 29.4 Å². The van der Waals surface area contributed by atoms with E-state index in [-0.39, 0.29) is 18.2 Å². The highest BCUT2D eigenvalue weighted by atomic mass is 16.3. The van der Waals surface area contributed by atoms with Crippen LogP contribution >= 0.6 is 0 Å². The second-order valence-electron chi connectivity index (χ2n) is 5.05. The molecule has 0 aliphatic carbocycles. The summed E-state index contributed by atoms with van der Waals surface area (Å²) >= 11 is 0. The first kappa shape index (κ1) is 14.0. The van der Waals surface area contributed by atoms with E-state index in [1.807, 2.05) is 57.0 Å². The number of anilines is 1. The molecule has 0 saturated heterocycles. The van der Waals surface area contributed by atoms with Crippen molar-refractivity contribution in [1.29, 1.82) is 0 Å². The summed E-state index contributed by atoms with van der Waals surface area (Å²) in [5, 5.41) is 19.0. The predicted molar refractivity (Wildman–Crippen MR) is 71.3 cm³/mol. The second kappa shape index (κ2) is 5.52. The van der Waals surface area contributed by atoms with Crippen LogP contribution in [0.15, 0.2) is 24.3 Å². The van der Waals surface area contributed by atoms with E-state index in [1.165, 1.54) is 0 Å². The first-order valence-corrected chi connectivity index (χ1v) is 6.05. The van der Waals surface area contributed by atoms with E-state index in [0.29, 0.717) is 0 Å². The summed E-state index contributed by atoms with van der Waals surface area (Å²) in [6, 6.07) is 7.83. The molecule has 0 aliphatic rings. The standard InChI is InChI=1S/C14H23NO2/c1-5-13(17)11-6-8-12(9-7-11)15(4)14(2,3)10-16/h6-9,13,16-17H,5,10H2,1-4H3/t13-/m1/s1. The lowest BCUT2D eigenvalue weighted by Gasteiger charge is -2.36. The normalized spacial score (nSPS) is 13.5. The molecule has 2 N–H and O–H groups in total. The van der Waals surface area contributed by atoms with Crippen LogP contribution < -0.4 is 4.90 Å². The Morgan fingerprint density at radius 1 is 1.24 bits per heavy atom. The average molecular weight is 237 g/mol. The summed E-state index contributed by atoms with van der Waals surface area (Å²) in [4.78, 5) is 2.04. The predicted octanol–water partition coefficient (Wildman–Crippen LogP) is 2.34. The van der Waals surface area contributed by atoms with Crippen LogP contribution in [0.5, 0.6) is 0 Å². The highest BCUT2D eigenvalue weighted by molar-refractivity contribution is 5.49. The molecule has 3 heteroatoms. The topological polar surface area (TPSA) is 43.7 Å². The molecule has 17 heavy (non-hydrogen) atoms. The van der Waals surface area contributed by atoms with Gasteiger partial charge in [0.15, 0.2) is 0 Å². The maximum Gasteiger partial charge on any atom is 0.0787 e. The lowest BCUT2D eigenvalue weighted by Crippen LogP contribution is -2.44. The summed E-state index contributed by atoms with van der Waals surface area (Å²) in [5.74, 6) is 0. The molecule has 96 valence electrons. The number of likely N-dealkylation sites (N-methyl/N-ethyl adjacent to an activating group) is 1. The van der Waals surface area contributed by atoms with E-state index < -0.39 is 0 Å². The van der Waals surface area contributed by atoms with Crippen molar-refractivity contribution in [3.63, 3.8) is 0 Å². The summed E-state index contributed by atoms with van der Waals surface area (Å²) in [7, 11) is 1.96. The Balaban J connectivity index is 2.88. The third kappa shape index (κ3) is 3.20. The summed E-state index contributed by atoms with van der Waals surface area (Å²) in [6.07, 6.45) is 0.331. The molecule has 0 bridgehead atoms. The fourth-order valence-corrected chi connectivity index (χ4v) is 1.61. The molecular formula is C14H23NO2. The zero-order valence-electron chi connectivity index (χ0n) is 11.1. The average Bonchev–Trinajstić information content (AvgIpc) is 2.37. The monoisotopic (exact) mass is 237 g/mol. The molecule has 0 aromatic heterocycles. The first-order chi connectivity index (χ1) is 7.92. The van der Waals surface area contributed by atoms with Gasteiger partial charge in [0.1, 0.15) is 0 Å². The van der Waals surface area contributed by atoms with Gasteiger partial charge < -0.3 is 15.1 Å². The van der Waals surface area contributed by atoms with Gasteiger partial charge in [-0.25, -0.2) is 0 Å². The summed E-state index contributed by atoms with van der Waals surface area (Å²) in [6.45, 7) is 6.03. The van der Waals surface area contributed by atoms with Gasteiger partial charge in [0, 0.05) is 12.7 Å². The largest absolute Gasteiger partial charge is 0.394 e. The minimum absolute atomic E-state index is 0.100. The van der Waals surface area contributed by atoms with Crippen LogP contribution in [0.2, 0.25) is 0 Å². The van der Waals surface area contributed by atoms with E-state index in [4.69, 9.17) is 0 Å². The summed E-state index contributed by atoms with van der Waals surface area (Å²) in [5.41, 5.74) is 1.69. The molecule has 1 atom stereocenters. The van der Waals surface area contributed by atoms with E-state index in [2.05, 4.69) is 0 Å². The highest BCUT2D eigenvalue weighted by Gasteiger charge is 2.22. The number of nitrogens with zero attached hydrogens (tertiary/aromatic N) is 1. The molecule has 0 saturated carbocycles. The Morgan fingerprint density at radius 3 is 2.18 bits per heavy atom. The Kier molecular flexibility index (Phi) is 4.54. The molecular weight excluding hydrogens is 214 g/mol. The lowest BCUT2D eigenvalue weighted by atomic mass is 10.0. The number of hydrogen-bond donors (Lipinski definition) is 2.